The van der Waals surface area contributed by atoms with Crippen molar-refractivity contribution >= 4 is 5.91 Å². The van der Waals surface area contributed by atoms with Crippen LogP contribution < -0.4 is 0 Å². The second kappa shape index (κ2) is 5.05. The first-order valence-corrected chi connectivity index (χ1v) is 7.93. The SMILES string of the molecule is O=C1CC[C@]2(CCOC2)CN1Cc1ncc2c(n1)CCC2. The third-order valence-corrected chi connectivity index (χ3v) is 5.13. The predicted octanol–water partition coefficient (Wildman–Crippen LogP) is 1.49. The van der Waals surface area contributed by atoms with Crippen molar-refractivity contribution in [2.75, 3.05) is 19.8 Å². The van der Waals surface area contributed by atoms with Crippen LogP contribution >= 0.6 is 0 Å². The standard InChI is InChI=1S/C16H21N3O2/c20-15-4-5-16(6-7-21-11-16)10-19(15)9-14-17-8-12-2-1-3-13(12)18-14/h8H,1-7,9-11H2/t16-/m0/s1. The number of carbonyl (C=O) groups excluding carboxylic acids is 1. The molecule has 0 saturated carbocycles. The monoisotopic (exact) mass is 287 g/mol. The van der Waals surface area contributed by atoms with Gasteiger partial charge in [-0.25, -0.2) is 9.97 Å². The molecule has 2 saturated heterocycles. The Bertz CT molecular complexity index is 567. The van der Waals surface area contributed by atoms with Gasteiger partial charge in [0.05, 0.1) is 13.2 Å². The Morgan fingerprint density at radius 2 is 2.24 bits per heavy atom. The molecule has 0 bridgehead atoms. The number of hydrogen-bond acceptors (Lipinski definition) is 4. The summed E-state index contributed by atoms with van der Waals surface area (Å²) in [4.78, 5) is 23.3. The Labute approximate surface area is 124 Å². The van der Waals surface area contributed by atoms with E-state index in [1.54, 1.807) is 0 Å². The molecule has 5 heteroatoms. The Morgan fingerprint density at radius 1 is 1.29 bits per heavy atom. The molecule has 21 heavy (non-hydrogen) atoms. The van der Waals surface area contributed by atoms with Gasteiger partial charge in [-0.1, -0.05) is 0 Å². The van der Waals surface area contributed by atoms with Crippen LogP contribution in [0.5, 0.6) is 0 Å². The van der Waals surface area contributed by atoms with E-state index in [1.807, 2.05) is 11.1 Å². The summed E-state index contributed by atoms with van der Waals surface area (Å²) < 4.78 is 5.56. The molecule has 1 aromatic heterocycles. The van der Waals surface area contributed by atoms with Crippen LogP contribution in [0.1, 0.15) is 42.8 Å². The van der Waals surface area contributed by atoms with Gasteiger partial charge in [0.15, 0.2) is 0 Å². The minimum atomic E-state index is 0.185. The fourth-order valence-electron chi connectivity index (χ4n) is 3.82. The molecule has 112 valence electrons. The fourth-order valence-corrected chi connectivity index (χ4v) is 3.82. The Hall–Kier alpha value is -1.49. The number of amides is 1. The summed E-state index contributed by atoms with van der Waals surface area (Å²) in [6, 6.07) is 0. The summed E-state index contributed by atoms with van der Waals surface area (Å²) in [5.41, 5.74) is 2.65. The zero-order chi connectivity index (χ0) is 14.3. The normalized spacial score (nSPS) is 28.4. The number of carbonyl (C=O) groups is 1. The maximum absolute atomic E-state index is 12.2. The topological polar surface area (TPSA) is 55.3 Å². The van der Waals surface area contributed by atoms with Crippen LogP contribution in [0.4, 0.5) is 0 Å². The highest BCUT2D eigenvalue weighted by atomic mass is 16.5. The molecule has 3 heterocycles. The van der Waals surface area contributed by atoms with E-state index < -0.39 is 0 Å². The zero-order valence-corrected chi connectivity index (χ0v) is 12.3. The van der Waals surface area contributed by atoms with Crippen LogP contribution in [0, 0.1) is 5.41 Å². The van der Waals surface area contributed by atoms with E-state index in [2.05, 4.69) is 9.97 Å². The van der Waals surface area contributed by atoms with E-state index in [0.29, 0.717) is 13.0 Å². The van der Waals surface area contributed by atoms with Crippen LogP contribution in [-0.2, 0) is 28.9 Å². The molecule has 1 amide bonds. The molecular weight excluding hydrogens is 266 g/mol. The molecule has 0 N–H and O–H groups in total. The number of nitrogens with zero attached hydrogens (tertiary/aromatic N) is 3. The number of hydrogen-bond donors (Lipinski definition) is 0. The lowest BCUT2D eigenvalue weighted by Gasteiger charge is -2.38. The van der Waals surface area contributed by atoms with Gasteiger partial charge in [0.2, 0.25) is 5.91 Å². The number of aryl methyl sites for hydroxylation is 2. The van der Waals surface area contributed by atoms with Gasteiger partial charge >= 0.3 is 0 Å². The summed E-state index contributed by atoms with van der Waals surface area (Å²) >= 11 is 0. The van der Waals surface area contributed by atoms with Gasteiger partial charge in [0, 0.05) is 36.9 Å². The van der Waals surface area contributed by atoms with Crippen molar-refractivity contribution < 1.29 is 9.53 Å². The molecular formula is C16H21N3O2. The summed E-state index contributed by atoms with van der Waals surface area (Å²) in [6.07, 6.45) is 7.95. The van der Waals surface area contributed by atoms with Gasteiger partial charge in [-0.05, 0) is 37.7 Å². The molecule has 0 radical (unpaired) electrons. The van der Waals surface area contributed by atoms with Crippen LogP contribution in [0.2, 0.25) is 0 Å². The summed E-state index contributed by atoms with van der Waals surface area (Å²) in [6.45, 7) is 2.97. The number of likely N-dealkylation sites (tertiary alicyclic amines) is 1. The first-order chi connectivity index (χ1) is 10.2. The summed E-state index contributed by atoms with van der Waals surface area (Å²) in [5, 5.41) is 0. The minimum absolute atomic E-state index is 0.185. The zero-order valence-electron chi connectivity index (χ0n) is 12.3. The largest absolute Gasteiger partial charge is 0.381 e. The molecule has 1 atom stereocenters. The van der Waals surface area contributed by atoms with E-state index in [-0.39, 0.29) is 11.3 Å². The van der Waals surface area contributed by atoms with Crippen LogP contribution in [0.25, 0.3) is 0 Å². The fraction of sp³-hybridized carbons (Fsp3) is 0.688. The highest BCUT2D eigenvalue weighted by Crippen LogP contribution is 2.38. The third-order valence-electron chi connectivity index (χ3n) is 5.13. The lowest BCUT2D eigenvalue weighted by atomic mass is 9.79. The molecule has 1 aromatic rings. The number of aromatic nitrogens is 2. The van der Waals surface area contributed by atoms with E-state index in [0.717, 1.165) is 51.3 Å². The number of rotatable bonds is 2. The molecule has 4 rings (SSSR count). The average molecular weight is 287 g/mol. The average Bonchev–Trinajstić information content (AvgIpc) is 3.12. The third kappa shape index (κ3) is 2.44. The predicted molar refractivity (Wildman–Crippen MR) is 76.6 cm³/mol. The molecule has 3 aliphatic rings. The van der Waals surface area contributed by atoms with Crippen molar-refractivity contribution in [3.05, 3.63) is 23.3 Å². The maximum Gasteiger partial charge on any atom is 0.223 e. The Morgan fingerprint density at radius 3 is 3.10 bits per heavy atom. The van der Waals surface area contributed by atoms with Gasteiger partial charge in [-0.3, -0.25) is 4.79 Å². The second-order valence-electron chi connectivity index (χ2n) is 6.66. The van der Waals surface area contributed by atoms with E-state index >= 15 is 0 Å². The second-order valence-corrected chi connectivity index (χ2v) is 6.66. The quantitative estimate of drug-likeness (QED) is 0.827. The van der Waals surface area contributed by atoms with E-state index in [4.69, 9.17) is 4.74 Å². The van der Waals surface area contributed by atoms with Gasteiger partial charge in [0.25, 0.3) is 0 Å². The number of ether oxygens (including phenoxy) is 1. The van der Waals surface area contributed by atoms with Crippen LogP contribution in [-0.4, -0.2) is 40.5 Å². The van der Waals surface area contributed by atoms with Gasteiger partial charge in [0.1, 0.15) is 5.82 Å². The molecule has 1 aliphatic carbocycles. The molecule has 5 nitrogen and oxygen atoms in total. The Kier molecular flexibility index (Phi) is 3.17. The van der Waals surface area contributed by atoms with Gasteiger partial charge < -0.3 is 9.64 Å². The van der Waals surface area contributed by atoms with Crippen molar-refractivity contribution in [3.8, 4) is 0 Å². The van der Waals surface area contributed by atoms with E-state index in [1.165, 1.54) is 17.7 Å². The van der Waals surface area contributed by atoms with Gasteiger partial charge in [-0.2, -0.15) is 0 Å². The molecule has 0 unspecified atom stereocenters. The summed E-state index contributed by atoms with van der Waals surface area (Å²) in [5.74, 6) is 1.02. The van der Waals surface area contributed by atoms with Crippen molar-refractivity contribution in [2.45, 2.75) is 45.1 Å². The number of fused-ring (bicyclic) bond motifs is 1. The van der Waals surface area contributed by atoms with Crippen molar-refractivity contribution in [2.24, 2.45) is 5.41 Å². The van der Waals surface area contributed by atoms with Crippen molar-refractivity contribution in [1.82, 2.24) is 14.9 Å². The lowest BCUT2D eigenvalue weighted by molar-refractivity contribution is -0.138. The van der Waals surface area contributed by atoms with Crippen LogP contribution in [0.3, 0.4) is 0 Å². The molecule has 0 aromatic carbocycles. The Balaban J connectivity index is 1.51. The van der Waals surface area contributed by atoms with Crippen molar-refractivity contribution in [3.63, 3.8) is 0 Å². The highest BCUT2D eigenvalue weighted by Gasteiger charge is 2.41. The lowest BCUT2D eigenvalue weighted by Crippen LogP contribution is -2.46. The highest BCUT2D eigenvalue weighted by molar-refractivity contribution is 5.77. The molecule has 2 aliphatic heterocycles. The van der Waals surface area contributed by atoms with E-state index in [9.17, 15) is 4.79 Å². The van der Waals surface area contributed by atoms with Crippen molar-refractivity contribution in [1.29, 1.82) is 0 Å². The smallest absolute Gasteiger partial charge is 0.223 e. The minimum Gasteiger partial charge on any atom is -0.381 e. The molecule has 1 spiro atoms. The maximum atomic E-state index is 12.2. The van der Waals surface area contributed by atoms with Crippen LogP contribution in [0.15, 0.2) is 6.20 Å². The summed E-state index contributed by atoms with van der Waals surface area (Å²) in [7, 11) is 0. The number of piperidine rings is 1. The molecule has 2 fully saturated rings. The van der Waals surface area contributed by atoms with Gasteiger partial charge in [-0.15, -0.1) is 0 Å². The first-order valence-electron chi connectivity index (χ1n) is 7.93. The first kappa shape index (κ1) is 13.2.